The number of nitrogens with two attached hydrogens (primary N) is 1. The van der Waals surface area contributed by atoms with Gasteiger partial charge in [-0.1, -0.05) is 18.2 Å². The summed E-state index contributed by atoms with van der Waals surface area (Å²) in [6.07, 6.45) is 3.49. The van der Waals surface area contributed by atoms with Crippen LogP contribution in [-0.4, -0.2) is 66.9 Å². The molecule has 1 aliphatic heterocycles. The van der Waals surface area contributed by atoms with Crippen molar-refractivity contribution >= 4 is 28.5 Å². The largest absolute Gasteiger partial charge is 0.493 e. The Morgan fingerprint density at radius 2 is 1.77 bits per heavy atom. The first kappa shape index (κ1) is 30.7. The first-order valence-electron chi connectivity index (χ1n) is 14.4. The second-order valence-corrected chi connectivity index (χ2v) is 10.6. The Balaban J connectivity index is 0.000000561. The number of imide groups is 1. The number of pyridine rings is 1. The fourth-order valence-electron chi connectivity index (χ4n) is 5.14. The van der Waals surface area contributed by atoms with Crippen molar-refractivity contribution in [2.75, 3.05) is 44.9 Å². The average Bonchev–Trinajstić information content (AvgIpc) is 3.61. The van der Waals surface area contributed by atoms with Gasteiger partial charge in [0, 0.05) is 43.8 Å². The van der Waals surface area contributed by atoms with Gasteiger partial charge in [-0.25, -0.2) is 14.1 Å². The number of halogens is 1. The van der Waals surface area contributed by atoms with Crippen LogP contribution < -0.4 is 24.8 Å². The number of urea groups is 1. The summed E-state index contributed by atoms with van der Waals surface area (Å²) in [6.45, 7) is 4.46. The molecule has 2 aliphatic carbocycles. The molecule has 0 radical (unpaired) electrons. The zero-order chi connectivity index (χ0) is 31.2. The number of aliphatic hydroxyl groups excluding tert-OH is 1. The van der Waals surface area contributed by atoms with E-state index in [1.54, 1.807) is 18.2 Å². The van der Waals surface area contributed by atoms with Gasteiger partial charge in [0.1, 0.15) is 12.4 Å². The first-order chi connectivity index (χ1) is 21.3. The van der Waals surface area contributed by atoms with Gasteiger partial charge in [-0.15, -0.1) is 0 Å². The summed E-state index contributed by atoms with van der Waals surface area (Å²) in [4.78, 5) is 30.6. The Morgan fingerprint density at radius 1 is 1.02 bits per heavy atom. The molecule has 0 spiro atoms. The summed E-state index contributed by atoms with van der Waals surface area (Å²) in [5.41, 5.74) is 8.65. The van der Waals surface area contributed by atoms with Crippen LogP contribution in [-0.2, 0) is 4.79 Å². The second kappa shape index (κ2) is 13.7. The third kappa shape index (κ3) is 7.24. The molecule has 1 fully saturated rings. The number of hydrogen-bond acceptors (Lipinski definition) is 8. The van der Waals surface area contributed by atoms with E-state index in [1.807, 2.05) is 0 Å². The van der Waals surface area contributed by atoms with Gasteiger partial charge in [-0.2, -0.15) is 0 Å². The normalized spacial score (nSPS) is 13.9. The van der Waals surface area contributed by atoms with Crippen molar-refractivity contribution < 1.29 is 33.3 Å². The highest BCUT2D eigenvalue weighted by atomic mass is 19.1. The van der Waals surface area contributed by atoms with Gasteiger partial charge < -0.3 is 25.1 Å². The zero-order valence-corrected chi connectivity index (χ0v) is 24.7. The summed E-state index contributed by atoms with van der Waals surface area (Å²) < 4.78 is 32.3. The number of amides is 3. The maximum Gasteiger partial charge on any atom is 0.326 e. The van der Waals surface area contributed by atoms with Crippen molar-refractivity contribution in [1.29, 1.82) is 0 Å². The summed E-state index contributed by atoms with van der Waals surface area (Å²) in [6, 6.07) is 16.2. The molecule has 0 bridgehead atoms. The lowest BCUT2D eigenvalue weighted by atomic mass is 9.98. The van der Waals surface area contributed by atoms with Gasteiger partial charge in [-0.3, -0.25) is 14.7 Å². The van der Waals surface area contributed by atoms with E-state index in [9.17, 15) is 19.1 Å². The molecule has 0 atom stereocenters. The smallest absolute Gasteiger partial charge is 0.326 e. The predicted octanol–water partition coefficient (Wildman–Crippen LogP) is 5.36. The van der Waals surface area contributed by atoms with Crippen molar-refractivity contribution in [3.8, 4) is 34.1 Å². The highest BCUT2D eigenvalue weighted by Gasteiger charge is 2.21. The second-order valence-electron chi connectivity index (χ2n) is 10.6. The lowest BCUT2D eigenvalue weighted by Gasteiger charge is -2.30. The van der Waals surface area contributed by atoms with E-state index >= 15 is 0 Å². The maximum atomic E-state index is 14.9. The van der Waals surface area contributed by atoms with Crippen LogP contribution >= 0.6 is 0 Å². The highest BCUT2D eigenvalue weighted by Crippen LogP contribution is 2.38. The third-order valence-corrected chi connectivity index (χ3v) is 7.66. The summed E-state index contributed by atoms with van der Waals surface area (Å²) in [5, 5.41) is 9.89. The molecule has 11 heteroatoms. The third-order valence-electron chi connectivity index (χ3n) is 7.66. The topological polar surface area (TPSA) is 127 Å². The number of nitrogens with zero attached hydrogens (tertiary/aromatic N) is 3. The number of carbonyl (C=O) groups excluding carboxylic acids is 2. The molecular weight excluding hydrogens is 567 g/mol. The van der Waals surface area contributed by atoms with Crippen LogP contribution in [0.25, 0.3) is 22.0 Å². The molecule has 3 aromatic rings. The van der Waals surface area contributed by atoms with Crippen molar-refractivity contribution in [2.24, 2.45) is 11.7 Å². The Kier molecular flexibility index (Phi) is 9.56. The Bertz CT molecular complexity index is 1630. The van der Waals surface area contributed by atoms with E-state index in [0.717, 1.165) is 45.5 Å². The van der Waals surface area contributed by atoms with Crippen LogP contribution in [0.1, 0.15) is 19.8 Å². The van der Waals surface area contributed by atoms with Crippen LogP contribution in [0.4, 0.5) is 14.9 Å². The van der Waals surface area contributed by atoms with Crippen LogP contribution in [0, 0.1) is 11.7 Å². The number of anilines is 1. The molecule has 3 aliphatic rings. The molecule has 10 nitrogen and oxygen atoms in total. The molecule has 0 unspecified atom stereocenters. The van der Waals surface area contributed by atoms with Gasteiger partial charge in [0.25, 0.3) is 0 Å². The number of aromatic nitrogens is 1. The molecular formula is C33H35FN4O6. The molecule has 1 saturated heterocycles. The zero-order valence-electron chi connectivity index (χ0n) is 24.7. The Morgan fingerprint density at radius 3 is 2.34 bits per heavy atom. The van der Waals surface area contributed by atoms with Crippen LogP contribution in [0.5, 0.6) is 23.0 Å². The summed E-state index contributed by atoms with van der Waals surface area (Å²) in [5.74, 6) is 0.184. The lowest BCUT2D eigenvalue weighted by Crippen LogP contribution is -2.39. The SMILES string of the molecule is COc1cc2c(Oc3ccc(N(C(C)=O)C(N)=O)cc3F)ccnc2cc1OCCN1CCC(CO)CC1.c1cc2cc-2c1. The van der Waals surface area contributed by atoms with E-state index < -0.39 is 17.8 Å². The quantitative estimate of drug-likeness (QED) is 0.231. The Labute approximate surface area is 254 Å². The lowest BCUT2D eigenvalue weighted by molar-refractivity contribution is -0.115. The first-order valence-corrected chi connectivity index (χ1v) is 14.4. The molecule has 3 amide bonds. The number of benzene rings is 3. The molecule has 6 rings (SSSR count). The van der Waals surface area contributed by atoms with Crippen molar-refractivity contribution in [1.82, 2.24) is 9.88 Å². The fraction of sp³-hybridized carbons (Fsp3) is 0.303. The minimum absolute atomic E-state index is 0.00401. The number of piperidine rings is 1. The van der Waals surface area contributed by atoms with Gasteiger partial charge in [0.15, 0.2) is 23.1 Å². The number of rotatable bonds is 9. The van der Waals surface area contributed by atoms with Gasteiger partial charge >= 0.3 is 6.03 Å². The maximum absolute atomic E-state index is 14.9. The predicted molar refractivity (Wildman–Crippen MR) is 165 cm³/mol. The van der Waals surface area contributed by atoms with Crippen LogP contribution in [0.3, 0.4) is 0 Å². The monoisotopic (exact) mass is 602 g/mol. The molecule has 0 saturated carbocycles. The van der Waals surface area contributed by atoms with E-state index in [4.69, 9.17) is 19.9 Å². The average molecular weight is 603 g/mol. The van der Waals surface area contributed by atoms with E-state index in [-0.39, 0.29) is 18.0 Å². The number of aliphatic hydroxyl groups is 1. The van der Waals surface area contributed by atoms with E-state index in [1.165, 1.54) is 36.6 Å². The van der Waals surface area contributed by atoms with Crippen LogP contribution in [0.2, 0.25) is 0 Å². The number of fused-ring (bicyclic) bond motifs is 2. The summed E-state index contributed by atoms with van der Waals surface area (Å²) in [7, 11) is 1.53. The van der Waals surface area contributed by atoms with E-state index in [0.29, 0.717) is 45.6 Å². The van der Waals surface area contributed by atoms with Gasteiger partial charge in [0.05, 0.1) is 18.3 Å². The minimum atomic E-state index is -1.01. The highest BCUT2D eigenvalue weighted by molar-refractivity contribution is 6.12. The summed E-state index contributed by atoms with van der Waals surface area (Å²) >= 11 is 0. The fourth-order valence-corrected chi connectivity index (χ4v) is 5.14. The van der Waals surface area contributed by atoms with Gasteiger partial charge in [0.2, 0.25) is 5.91 Å². The van der Waals surface area contributed by atoms with Crippen molar-refractivity contribution in [2.45, 2.75) is 19.8 Å². The van der Waals surface area contributed by atoms with Crippen molar-refractivity contribution in [3.05, 3.63) is 72.7 Å². The number of ether oxygens (including phenoxy) is 3. The molecule has 1 aromatic heterocycles. The molecule has 44 heavy (non-hydrogen) atoms. The number of hydrogen-bond donors (Lipinski definition) is 2. The molecule has 3 N–H and O–H groups in total. The number of likely N-dealkylation sites (tertiary alicyclic amines) is 1. The number of primary amides is 1. The van der Waals surface area contributed by atoms with Crippen molar-refractivity contribution in [3.63, 3.8) is 0 Å². The Hall–Kier alpha value is -4.74. The minimum Gasteiger partial charge on any atom is -0.493 e. The molecule has 2 aromatic carbocycles. The number of methoxy groups -OCH3 is 1. The number of carbonyl (C=O) groups is 2. The van der Waals surface area contributed by atoms with E-state index in [2.05, 4.69) is 34.1 Å². The van der Waals surface area contributed by atoms with Gasteiger partial charge in [-0.05, 0) is 73.3 Å². The standard InChI is InChI=1S/C27H31FN4O6.C6H4/c1-17(34)32(27(29)35)19-3-4-24(21(28)13-19)38-23-5-8-30-22-15-26(25(36-2)14-20(22)23)37-12-11-31-9-6-18(16-33)7-10-31;1-2-5-4-6(5)3-1/h3-5,8,13-15,18,33H,6-7,9-12,16H2,1-2H3,(H2,29,35);1-4H. The molecule has 2 heterocycles. The van der Waals surface area contributed by atoms with Crippen LogP contribution in [0.15, 0.2) is 66.9 Å². The molecule has 230 valence electrons.